The molecule has 0 radical (unpaired) electrons. The molecule has 0 amide bonds. The first-order chi connectivity index (χ1) is 7.58. The van der Waals surface area contributed by atoms with Crippen LogP contribution in [0.1, 0.15) is 18.9 Å². The summed E-state index contributed by atoms with van der Waals surface area (Å²) in [4.78, 5) is 3.74. The highest BCUT2D eigenvalue weighted by molar-refractivity contribution is 5.85. The van der Waals surface area contributed by atoms with Gasteiger partial charge in [0.15, 0.2) is 0 Å². The Hall–Kier alpha value is -1.09. The molecule has 3 nitrogen and oxygen atoms in total. The Kier molecular flexibility index (Phi) is 10.6. The summed E-state index contributed by atoms with van der Waals surface area (Å²) in [6.07, 6.45) is 3.23. The van der Waals surface area contributed by atoms with E-state index in [1.165, 1.54) is 18.5 Å². The van der Waals surface area contributed by atoms with Gasteiger partial charge in [-0.25, -0.2) is 0 Å². The van der Waals surface area contributed by atoms with Crippen molar-refractivity contribution in [3.05, 3.63) is 24.0 Å². The number of nitrogens with zero attached hydrogens (tertiary/aromatic N) is 1. The zero-order valence-electron chi connectivity index (χ0n) is 9.60. The van der Waals surface area contributed by atoms with Gasteiger partial charge in [-0.2, -0.15) is 8.78 Å². The number of aromatic nitrogens is 1. The maximum absolute atomic E-state index is 11.9. The third kappa shape index (κ3) is 8.07. The van der Waals surface area contributed by atoms with Crippen LogP contribution in [0.3, 0.4) is 0 Å². The van der Waals surface area contributed by atoms with Gasteiger partial charge in [0.2, 0.25) is 0 Å². The van der Waals surface area contributed by atoms with Crippen LogP contribution in [0.15, 0.2) is 18.5 Å². The first-order valence-electron chi connectivity index (χ1n) is 4.72. The minimum absolute atomic E-state index is 0. The van der Waals surface area contributed by atoms with Gasteiger partial charge in [0.25, 0.3) is 0 Å². The fraction of sp³-hybridized carbons (Fsp3) is 0.364. The van der Waals surface area contributed by atoms with Gasteiger partial charge in [-0.3, -0.25) is 4.98 Å². The summed E-state index contributed by atoms with van der Waals surface area (Å²) in [6, 6.07) is 1.40. The van der Waals surface area contributed by atoms with Crippen LogP contribution in [-0.4, -0.2) is 17.6 Å². The molecule has 0 aliphatic carbocycles. The number of nitrogens with two attached hydrogens (primary N) is 1. The molecule has 1 heterocycles. The molecule has 0 bridgehead atoms. The maximum Gasteiger partial charge on any atom is 0.387 e. The van der Waals surface area contributed by atoms with Gasteiger partial charge in [0.1, 0.15) is 5.75 Å². The molecule has 0 aliphatic rings. The van der Waals surface area contributed by atoms with Crippen molar-refractivity contribution < 1.29 is 13.5 Å². The van der Waals surface area contributed by atoms with E-state index in [1.54, 1.807) is 0 Å². The summed E-state index contributed by atoms with van der Waals surface area (Å²) in [5, 5.41) is 0. The van der Waals surface area contributed by atoms with Crippen LogP contribution in [0.4, 0.5) is 8.78 Å². The van der Waals surface area contributed by atoms with Gasteiger partial charge in [-0.15, -0.1) is 24.8 Å². The highest BCUT2D eigenvalue weighted by atomic mass is 35.5. The van der Waals surface area contributed by atoms with E-state index in [0.29, 0.717) is 12.0 Å². The van der Waals surface area contributed by atoms with E-state index in [2.05, 4.69) is 21.6 Å². The first-order valence-corrected chi connectivity index (χ1v) is 4.72. The molecule has 0 aliphatic heterocycles. The van der Waals surface area contributed by atoms with Crippen molar-refractivity contribution in [2.24, 2.45) is 5.73 Å². The summed E-state index contributed by atoms with van der Waals surface area (Å²) in [5.41, 5.74) is 6.04. The van der Waals surface area contributed by atoms with Gasteiger partial charge in [0, 0.05) is 24.2 Å². The van der Waals surface area contributed by atoms with Gasteiger partial charge in [-0.1, -0.05) is 11.8 Å². The van der Waals surface area contributed by atoms with Crippen molar-refractivity contribution in [3.63, 3.8) is 0 Å². The second-order valence-electron chi connectivity index (χ2n) is 3.27. The van der Waals surface area contributed by atoms with Crippen molar-refractivity contribution in [3.8, 4) is 17.6 Å². The van der Waals surface area contributed by atoms with Gasteiger partial charge < -0.3 is 10.5 Å². The highest BCUT2D eigenvalue weighted by Gasteiger charge is 2.04. The molecule has 0 spiro atoms. The number of alkyl halides is 2. The first kappa shape index (κ1) is 19.3. The molecular weight excluding hydrogens is 285 g/mol. The Balaban J connectivity index is 0. The monoisotopic (exact) mass is 298 g/mol. The molecule has 7 heteroatoms. The lowest BCUT2D eigenvalue weighted by Crippen LogP contribution is -2.12. The van der Waals surface area contributed by atoms with E-state index in [9.17, 15) is 8.78 Å². The van der Waals surface area contributed by atoms with Gasteiger partial charge in [-0.05, 0) is 13.0 Å². The standard InChI is InChI=1S/C11H12F2N2O.2ClH/c1-8(14)3-2-4-9-5-10(7-15-6-9)16-11(12)13;;/h5-8,11H,3,14H2,1H3;2*1H/t8-;;/m0../s1. The molecule has 1 aromatic rings. The van der Waals surface area contributed by atoms with Crippen LogP contribution < -0.4 is 10.5 Å². The Labute approximate surface area is 117 Å². The largest absolute Gasteiger partial charge is 0.433 e. The third-order valence-electron chi connectivity index (χ3n) is 1.60. The molecule has 0 aromatic carbocycles. The predicted octanol–water partition coefficient (Wildman–Crippen LogP) is 2.62. The predicted molar refractivity (Wildman–Crippen MR) is 70.5 cm³/mol. The zero-order chi connectivity index (χ0) is 12.0. The van der Waals surface area contributed by atoms with Crippen molar-refractivity contribution in [2.45, 2.75) is 26.0 Å². The molecule has 0 saturated heterocycles. The van der Waals surface area contributed by atoms with Crippen LogP contribution in [-0.2, 0) is 0 Å². The second kappa shape index (κ2) is 9.89. The van der Waals surface area contributed by atoms with Crippen molar-refractivity contribution in [1.29, 1.82) is 0 Å². The number of hydrogen-bond donors (Lipinski definition) is 1. The van der Waals surface area contributed by atoms with Crippen LogP contribution >= 0.6 is 24.8 Å². The summed E-state index contributed by atoms with van der Waals surface area (Å²) in [7, 11) is 0. The molecule has 18 heavy (non-hydrogen) atoms. The van der Waals surface area contributed by atoms with Gasteiger partial charge in [0.05, 0.1) is 6.20 Å². The number of ether oxygens (including phenoxy) is 1. The fourth-order valence-electron chi connectivity index (χ4n) is 0.969. The third-order valence-corrected chi connectivity index (χ3v) is 1.60. The number of rotatable bonds is 3. The fourth-order valence-corrected chi connectivity index (χ4v) is 0.969. The van der Waals surface area contributed by atoms with Crippen molar-refractivity contribution in [2.75, 3.05) is 0 Å². The van der Waals surface area contributed by atoms with Crippen molar-refractivity contribution in [1.82, 2.24) is 4.98 Å². The summed E-state index contributed by atoms with van der Waals surface area (Å²) >= 11 is 0. The molecule has 0 unspecified atom stereocenters. The topological polar surface area (TPSA) is 48.1 Å². The van der Waals surface area contributed by atoms with Crippen LogP contribution in [0, 0.1) is 11.8 Å². The summed E-state index contributed by atoms with van der Waals surface area (Å²) < 4.78 is 28.0. The highest BCUT2D eigenvalue weighted by Crippen LogP contribution is 2.13. The Morgan fingerprint density at radius 3 is 2.61 bits per heavy atom. The van der Waals surface area contributed by atoms with Crippen LogP contribution in [0.5, 0.6) is 5.75 Å². The Morgan fingerprint density at radius 2 is 2.06 bits per heavy atom. The minimum atomic E-state index is -2.85. The molecule has 1 aromatic heterocycles. The number of halogens is 4. The quantitative estimate of drug-likeness (QED) is 0.873. The van der Waals surface area contributed by atoms with Crippen LogP contribution in [0.2, 0.25) is 0 Å². The van der Waals surface area contributed by atoms with E-state index < -0.39 is 6.61 Å². The Bertz CT molecular complexity index is 406. The van der Waals surface area contributed by atoms with E-state index >= 15 is 0 Å². The molecule has 0 fully saturated rings. The molecule has 2 N–H and O–H groups in total. The maximum atomic E-state index is 11.9. The minimum Gasteiger partial charge on any atom is -0.433 e. The second-order valence-corrected chi connectivity index (χ2v) is 3.27. The van der Waals surface area contributed by atoms with E-state index in [0.717, 1.165) is 0 Å². The number of hydrogen-bond acceptors (Lipinski definition) is 3. The van der Waals surface area contributed by atoms with E-state index in [1.807, 2.05) is 6.92 Å². The lowest BCUT2D eigenvalue weighted by molar-refractivity contribution is -0.0500. The van der Waals surface area contributed by atoms with E-state index in [-0.39, 0.29) is 36.6 Å². The number of pyridine rings is 1. The average Bonchev–Trinajstić information content (AvgIpc) is 2.16. The molecule has 1 rings (SSSR count). The normalized spacial score (nSPS) is 10.5. The lowest BCUT2D eigenvalue weighted by atomic mass is 10.2. The zero-order valence-corrected chi connectivity index (χ0v) is 11.2. The smallest absolute Gasteiger partial charge is 0.387 e. The van der Waals surface area contributed by atoms with E-state index in [4.69, 9.17) is 5.73 Å². The Morgan fingerprint density at radius 1 is 1.39 bits per heavy atom. The molecular formula is C11H14Cl2F2N2O. The van der Waals surface area contributed by atoms with Gasteiger partial charge >= 0.3 is 6.61 Å². The molecule has 102 valence electrons. The summed E-state index contributed by atoms with van der Waals surface area (Å²) in [5.74, 6) is 5.60. The average molecular weight is 299 g/mol. The molecule has 0 saturated carbocycles. The SMILES string of the molecule is C[C@H](N)CC#Cc1cncc(OC(F)F)c1.Cl.Cl. The van der Waals surface area contributed by atoms with Crippen molar-refractivity contribution >= 4 is 24.8 Å². The lowest BCUT2D eigenvalue weighted by Gasteiger charge is -2.02. The van der Waals surface area contributed by atoms with Crippen LogP contribution in [0.25, 0.3) is 0 Å². The molecule has 1 atom stereocenters. The summed E-state index contributed by atoms with van der Waals surface area (Å²) in [6.45, 7) is -1.02.